The van der Waals surface area contributed by atoms with Crippen molar-refractivity contribution in [3.05, 3.63) is 0 Å². The van der Waals surface area contributed by atoms with Crippen molar-refractivity contribution in [2.45, 2.75) is 39.0 Å². The molecule has 1 heterocycles. The number of piperidine rings is 1. The van der Waals surface area contributed by atoms with Crippen molar-refractivity contribution in [1.82, 2.24) is 10.2 Å². The van der Waals surface area contributed by atoms with E-state index in [1.54, 1.807) is 0 Å². The van der Waals surface area contributed by atoms with Gasteiger partial charge in [-0.3, -0.25) is 4.79 Å². The Morgan fingerprint density at radius 3 is 2.85 bits per heavy atom. The lowest BCUT2D eigenvalue weighted by molar-refractivity contribution is -0.131. The van der Waals surface area contributed by atoms with E-state index in [0.29, 0.717) is 24.9 Å². The fraction of sp³-hybridized carbons (Fsp3) is 0.938. The van der Waals surface area contributed by atoms with Crippen molar-refractivity contribution in [3.8, 4) is 0 Å². The van der Waals surface area contributed by atoms with Crippen LogP contribution in [0.15, 0.2) is 0 Å². The van der Waals surface area contributed by atoms with Crippen molar-refractivity contribution in [2.75, 3.05) is 39.9 Å². The van der Waals surface area contributed by atoms with E-state index in [-0.39, 0.29) is 5.91 Å². The molecule has 2 aliphatic rings. The molecule has 1 saturated heterocycles. The summed E-state index contributed by atoms with van der Waals surface area (Å²) in [6.45, 7) is 6.70. The predicted molar refractivity (Wildman–Crippen MR) is 80.6 cm³/mol. The molecule has 116 valence electrons. The molecule has 1 N–H and O–H groups in total. The van der Waals surface area contributed by atoms with Crippen molar-refractivity contribution in [1.29, 1.82) is 0 Å². The third kappa shape index (κ3) is 5.41. The smallest absolute Gasteiger partial charge is 0.222 e. The predicted octanol–water partition coefficient (Wildman–Crippen LogP) is 1.90. The highest BCUT2D eigenvalue weighted by Gasteiger charge is 2.24. The number of hydrogen-bond donors (Lipinski definition) is 1. The molecule has 2 rings (SSSR count). The van der Waals surface area contributed by atoms with Gasteiger partial charge in [0.05, 0.1) is 6.61 Å². The van der Waals surface area contributed by atoms with Crippen LogP contribution < -0.4 is 5.32 Å². The minimum atomic E-state index is 0.262. The molecule has 2 unspecified atom stereocenters. The molecule has 1 saturated carbocycles. The van der Waals surface area contributed by atoms with Crippen LogP contribution >= 0.6 is 0 Å². The summed E-state index contributed by atoms with van der Waals surface area (Å²) in [5, 5.41) is 3.43. The Labute approximate surface area is 123 Å². The van der Waals surface area contributed by atoms with Crippen LogP contribution in [-0.4, -0.2) is 50.7 Å². The number of nitrogens with one attached hydrogen (secondary N) is 1. The van der Waals surface area contributed by atoms with Gasteiger partial charge in [0.15, 0.2) is 0 Å². The number of carbonyl (C=O) groups is 1. The molecular formula is C16H30N2O2. The zero-order valence-electron chi connectivity index (χ0n) is 13.1. The molecular weight excluding hydrogens is 252 g/mol. The second-order valence-electron chi connectivity index (χ2n) is 6.62. The molecule has 0 aromatic carbocycles. The molecule has 0 bridgehead atoms. The van der Waals surface area contributed by atoms with Gasteiger partial charge in [0.25, 0.3) is 0 Å². The Hall–Kier alpha value is -0.610. The fourth-order valence-corrected chi connectivity index (χ4v) is 2.82. The van der Waals surface area contributed by atoms with Crippen LogP contribution in [0.3, 0.4) is 0 Å². The first-order chi connectivity index (χ1) is 9.66. The molecule has 1 aliphatic carbocycles. The molecule has 0 radical (unpaired) electrons. The second kappa shape index (κ2) is 7.99. The van der Waals surface area contributed by atoms with Crippen LogP contribution in [0, 0.1) is 17.8 Å². The molecule has 1 amide bonds. The molecule has 20 heavy (non-hydrogen) atoms. The molecule has 2 fully saturated rings. The van der Waals surface area contributed by atoms with Gasteiger partial charge in [-0.15, -0.1) is 0 Å². The first-order valence-electron chi connectivity index (χ1n) is 8.19. The van der Waals surface area contributed by atoms with Crippen LogP contribution in [0.2, 0.25) is 0 Å². The maximum atomic E-state index is 12.2. The maximum Gasteiger partial charge on any atom is 0.222 e. The van der Waals surface area contributed by atoms with Gasteiger partial charge in [-0.05, 0) is 56.5 Å². The van der Waals surface area contributed by atoms with Gasteiger partial charge in [0, 0.05) is 26.6 Å². The molecule has 2 atom stereocenters. The Morgan fingerprint density at radius 1 is 1.40 bits per heavy atom. The van der Waals surface area contributed by atoms with Gasteiger partial charge in [-0.1, -0.05) is 6.92 Å². The monoisotopic (exact) mass is 282 g/mol. The largest absolute Gasteiger partial charge is 0.379 e. The molecule has 0 spiro atoms. The van der Waals surface area contributed by atoms with Crippen molar-refractivity contribution in [2.24, 2.45) is 17.8 Å². The first kappa shape index (κ1) is 15.8. The van der Waals surface area contributed by atoms with Crippen LogP contribution in [0.25, 0.3) is 0 Å². The Morgan fingerprint density at radius 2 is 2.20 bits per heavy atom. The molecule has 0 aromatic rings. The van der Waals surface area contributed by atoms with Gasteiger partial charge < -0.3 is 15.0 Å². The lowest BCUT2D eigenvalue weighted by atomic mass is 9.85. The average Bonchev–Trinajstić information content (AvgIpc) is 3.28. The Bertz CT molecular complexity index is 299. The van der Waals surface area contributed by atoms with E-state index in [2.05, 4.69) is 12.2 Å². The standard InChI is InChI=1S/C16H30N2O2/c1-13(15-4-3-7-17-11-15)10-16(19)18(2)8-9-20-12-14-5-6-14/h13-15,17H,3-12H2,1-2H3. The second-order valence-corrected chi connectivity index (χ2v) is 6.62. The highest BCUT2D eigenvalue weighted by Crippen LogP contribution is 2.28. The van der Waals surface area contributed by atoms with Gasteiger partial charge in [0.2, 0.25) is 5.91 Å². The number of ether oxygens (including phenoxy) is 1. The summed E-state index contributed by atoms with van der Waals surface area (Å²) < 4.78 is 5.60. The summed E-state index contributed by atoms with van der Waals surface area (Å²) in [5.74, 6) is 2.20. The number of likely N-dealkylation sites (N-methyl/N-ethyl adjacent to an activating group) is 1. The first-order valence-corrected chi connectivity index (χ1v) is 8.19. The number of amides is 1. The highest BCUT2D eigenvalue weighted by atomic mass is 16.5. The van der Waals surface area contributed by atoms with Gasteiger partial charge in [-0.2, -0.15) is 0 Å². The van der Waals surface area contributed by atoms with Crippen LogP contribution in [0.1, 0.15) is 39.0 Å². The molecule has 4 nitrogen and oxygen atoms in total. The topological polar surface area (TPSA) is 41.6 Å². The zero-order chi connectivity index (χ0) is 14.4. The summed E-state index contributed by atoms with van der Waals surface area (Å²) in [4.78, 5) is 14.0. The van der Waals surface area contributed by atoms with Gasteiger partial charge in [0.1, 0.15) is 0 Å². The summed E-state index contributed by atoms with van der Waals surface area (Å²) in [6, 6.07) is 0. The summed E-state index contributed by atoms with van der Waals surface area (Å²) >= 11 is 0. The minimum absolute atomic E-state index is 0.262. The Kier molecular flexibility index (Phi) is 6.30. The SMILES string of the molecule is CC(CC(=O)N(C)CCOCC1CC1)C1CCCNC1. The van der Waals surface area contributed by atoms with Crippen LogP contribution in [0.5, 0.6) is 0 Å². The average molecular weight is 282 g/mol. The van der Waals surface area contributed by atoms with Crippen LogP contribution in [0.4, 0.5) is 0 Å². The lowest BCUT2D eigenvalue weighted by Crippen LogP contribution is -2.37. The summed E-state index contributed by atoms with van der Waals surface area (Å²) in [7, 11) is 1.90. The van der Waals surface area contributed by atoms with Crippen molar-refractivity contribution >= 4 is 5.91 Å². The third-order valence-corrected chi connectivity index (χ3v) is 4.68. The van der Waals surface area contributed by atoms with E-state index in [4.69, 9.17) is 4.74 Å². The van der Waals surface area contributed by atoms with Crippen molar-refractivity contribution in [3.63, 3.8) is 0 Å². The molecule has 1 aliphatic heterocycles. The minimum Gasteiger partial charge on any atom is -0.379 e. The van der Waals surface area contributed by atoms with Gasteiger partial charge in [-0.25, -0.2) is 0 Å². The zero-order valence-corrected chi connectivity index (χ0v) is 13.1. The summed E-state index contributed by atoms with van der Waals surface area (Å²) in [6.07, 6.45) is 5.82. The quantitative estimate of drug-likeness (QED) is 0.691. The summed E-state index contributed by atoms with van der Waals surface area (Å²) in [5.41, 5.74) is 0. The van der Waals surface area contributed by atoms with Crippen molar-refractivity contribution < 1.29 is 9.53 Å². The Balaban J connectivity index is 1.58. The van der Waals surface area contributed by atoms with E-state index in [9.17, 15) is 4.79 Å². The molecule has 0 aromatic heterocycles. The van der Waals surface area contributed by atoms with E-state index in [0.717, 1.165) is 32.2 Å². The number of nitrogens with zero attached hydrogens (tertiary/aromatic N) is 1. The maximum absolute atomic E-state index is 12.2. The fourth-order valence-electron chi connectivity index (χ4n) is 2.82. The van der Waals surface area contributed by atoms with E-state index in [1.807, 2.05) is 11.9 Å². The van der Waals surface area contributed by atoms with E-state index < -0.39 is 0 Å². The van der Waals surface area contributed by atoms with Crippen LogP contribution in [-0.2, 0) is 9.53 Å². The van der Waals surface area contributed by atoms with E-state index in [1.165, 1.54) is 25.7 Å². The lowest BCUT2D eigenvalue weighted by Gasteiger charge is -2.29. The van der Waals surface area contributed by atoms with E-state index >= 15 is 0 Å². The number of rotatable bonds is 8. The highest BCUT2D eigenvalue weighted by molar-refractivity contribution is 5.76. The van der Waals surface area contributed by atoms with Gasteiger partial charge >= 0.3 is 0 Å². The normalized spacial score (nSPS) is 24.4. The molecule has 4 heteroatoms. The number of hydrogen-bond acceptors (Lipinski definition) is 3. The third-order valence-electron chi connectivity index (χ3n) is 4.68. The number of carbonyl (C=O) groups excluding carboxylic acids is 1.